The number of amides is 1. The quantitative estimate of drug-likeness (QED) is 0.112. The number of hydrogen-bond acceptors (Lipinski definition) is 6. The minimum absolute atomic E-state index is 0.0233. The van der Waals surface area contributed by atoms with Gasteiger partial charge in [-0.2, -0.15) is 0 Å². The van der Waals surface area contributed by atoms with Gasteiger partial charge in [0.1, 0.15) is 17.3 Å². The van der Waals surface area contributed by atoms with Crippen LogP contribution in [0.4, 0.5) is 0 Å². The fraction of sp³-hybridized carbons (Fsp3) is 0.464. The van der Waals surface area contributed by atoms with Gasteiger partial charge in [0.2, 0.25) is 5.91 Å². The molecule has 0 fully saturated rings. The summed E-state index contributed by atoms with van der Waals surface area (Å²) in [5, 5.41) is 15.3. The summed E-state index contributed by atoms with van der Waals surface area (Å²) in [5.41, 5.74) is 0.740. The Kier molecular flexibility index (Phi) is 16.9. The van der Waals surface area contributed by atoms with Crippen LogP contribution in [0.3, 0.4) is 0 Å². The molecule has 2 aromatic rings. The number of hydrogen-bond donors (Lipinski definition) is 3. The normalized spacial score (nSPS) is 11.7. The van der Waals surface area contributed by atoms with Crippen LogP contribution in [0.5, 0.6) is 17.2 Å². The van der Waals surface area contributed by atoms with Crippen molar-refractivity contribution in [3.63, 3.8) is 0 Å². The van der Waals surface area contributed by atoms with Crippen molar-refractivity contribution in [2.45, 2.75) is 52.4 Å². The maximum atomic E-state index is 12.1. The lowest BCUT2D eigenvalue weighted by atomic mass is 10.0. The maximum absolute atomic E-state index is 12.1. The Morgan fingerprint density at radius 2 is 1.50 bits per heavy atom. The van der Waals surface area contributed by atoms with E-state index in [4.69, 9.17) is 14.6 Å². The zero-order valence-electron chi connectivity index (χ0n) is 22.5. The van der Waals surface area contributed by atoms with E-state index in [0.717, 1.165) is 57.9 Å². The van der Waals surface area contributed by atoms with Crippen molar-refractivity contribution in [1.82, 2.24) is 10.6 Å². The first-order valence-corrected chi connectivity index (χ1v) is 17.3. The van der Waals surface area contributed by atoms with Gasteiger partial charge < -0.3 is 25.2 Å². The Balaban J connectivity index is 1.72. The highest BCUT2D eigenvalue weighted by molar-refractivity contribution is 14.1. The van der Waals surface area contributed by atoms with E-state index in [0.29, 0.717) is 37.5 Å². The van der Waals surface area contributed by atoms with Crippen LogP contribution in [0, 0.1) is 20.2 Å². The van der Waals surface area contributed by atoms with E-state index in [-0.39, 0.29) is 24.0 Å². The van der Waals surface area contributed by atoms with Gasteiger partial charge >= 0.3 is 5.97 Å². The van der Waals surface area contributed by atoms with E-state index in [1.807, 2.05) is 31.2 Å². The average molecular weight is 1000 g/mol. The van der Waals surface area contributed by atoms with E-state index >= 15 is 0 Å². The van der Waals surface area contributed by atoms with E-state index < -0.39 is 5.97 Å². The Morgan fingerprint density at radius 3 is 2.10 bits per heavy atom. The molecule has 40 heavy (non-hydrogen) atoms. The molecule has 0 aliphatic heterocycles. The third-order valence-electron chi connectivity index (χ3n) is 5.69. The number of carbonyl (C=O) groups excluding carboxylic acids is 2. The summed E-state index contributed by atoms with van der Waals surface area (Å²) in [4.78, 5) is 34.9. The number of carbonyl (C=O) groups is 3. The topological polar surface area (TPSA) is 114 Å². The van der Waals surface area contributed by atoms with Gasteiger partial charge in [0.25, 0.3) is 0 Å². The molecule has 0 aliphatic carbocycles. The molecule has 3 N–H and O–H groups in total. The van der Waals surface area contributed by atoms with Crippen molar-refractivity contribution in [3.05, 3.63) is 44.1 Å². The third kappa shape index (κ3) is 12.8. The minimum atomic E-state index is -0.861. The number of carboxylic acids is 1. The van der Waals surface area contributed by atoms with Crippen LogP contribution in [-0.2, 0) is 20.8 Å². The molecule has 1 unspecified atom stereocenters. The Labute approximate surface area is 290 Å². The lowest BCUT2D eigenvalue weighted by Gasteiger charge is -2.15. The Bertz CT molecular complexity index is 1130. The average Bonchev–Trinajstić information content (AvgIpc) is 2.86. The molecule has 0 bridgehead atoms. The van der Waals surface area contributed by atoms with Crippen molar-refractivity contribution >= 4 is 108 Å². The smallest absolute Gasteiger partial charge is 0.307 e. The molecule has 8 nitrogen and oxygen atoms in total. The second-order valence-electron chi connectivity index (χ2n) is 9.27. The number of carboxylic acid groups (broad SMARTS) is 1. The first kappa shape index (κ1) is 35.7. The monoisotopic (exact) mass is 1000 g/mol. The second-order valence-corrected chi connectivity index (χ2v) is 13.9. The maximum Gasteiger partial charge on any atom is 0.307 e. The van der Waals surface area contributed by atoms with Gasteiger partial charge in [-0.1, -0.05) is 13.8 Å². The fourth-order valence-electron chi connectivity index (χ4n) is 3.75. The van der Waals surface area contributed by atoms with Crippen LogP contribution < -0.4 is 20.1 Å². The molecule has 0 aromatic heterocycles. The standard InChI is InChI=1S/C28H34I4N2O6/c1-3-6-19(35)11-17(2)28(38)34-9-4-7-33-8-5-10-39-26-23(31)15-20(16-24(26)32)40-27-21(29)12-18(13-22(27)30)14-25(36)37/h12-13,15-17,33H,3-11,14H2,1-2H3,(H,34,38)(H,36,37). The second kappa shape index (κ2) is 18.9. The van der Waals surface area contributed by atoms with E-state index in [2.05, 4.69) is 101 Å². The number of ether oxygens (including phenoxy) is 2. The van der Waals surface area contributed by atoms with Gasteiger partial charge in [0.05, 0.1) is 27.3 Å². The molecule has 1 amide bonds. The number of Topliss-reactive ketones (excluding diaryl/α,β-unsaturated/α-hetero) is 1. The van der Waals surface area contributed by atoms with Gasteiger partial charge in [-0.25, -0.2) is 0 Å². The fourth-order valence-corrected chi connectivity index (χ4v) is 7.89. The van der Waals surface area contributed by atoms with Gasteiger partial charge in [0.15, 0.2) is 5.75 Å². The predicted molar refractivity (Wildman–Crippen MR) is 189 cm³/mol. The molecule has 0 saturated heterocycles. The highest BCUT2D eigenvalue weighted by Gasteiger charge is 2.17. The highest BCUT2D eigenvalue weighted by Crippen LogP contribution is 2.37. The summed E-state index contributed by atoms with van der Waals surface area (Å²) in [5.74, 6) is 1.17. The van der Waals surface area contributed by atoms with Crippen molar-refractivity contribution in [3.8, 4) is 17.2 Å². The van der Waals surface area contributed by atoms with Crippen molar-refractivity contribution in [2.24, 2.45) is 5.92 Å². The lowest BCUT2D eigenvalue weighted by molar-refractivity contribution is -0.136. The summed E-state index contributed by atoms with van der Waals surface area (Å²) < 4.78 is 15.8. The summed E-state index contributed by atoms with van der Waals surface area (Å²) in [6.07, 6.45) is 3.30. The molecular formula is C28H34I4N2O6. The Morgan fingerprint density at radius 1 is 0.900 bits per heavy atom. The predicted octanol–water partition coefficient (Wildman–Crippen LogP) is 6.78. The molecule has 2 aromatic carbocycles. The van der Waals surface area contributed by atoms with E-state index in [9.17, 15) is 14.4 Å². The zero-order chi connectivity index (χ0) is 29.7. The number of halogens is 4. The molecule has 0 radical (unpaired) electrons. The van der Waals surface area contributed by atoms with E-state index in [1.165, 1.54) is 0 Å². The molecule has 1 atom stereocenters. The SMILES string of the molecule is CCCC(=O)CC(C)C(=O)NCCCNCCCOc1c(I)cc(Oc2c(I)cc(CC(=O)O)cc2I)cc1I. The molecule has 0 spiro atoms. The number of rotatable bonds is 18. The first-order chi connectivity index (χ1) is 19.0. The summed E-state index contributed by atoms with van der Waals surface area (Å²) >= 11 is 8.83. The first-order valence-electron chi connectivity index (χ1n) is 13.0. The molecule has 0 heterocycles. The van der Waals surface area contributed by atoms with Gasteiger partial charge in [-0.05, 0) is 153 Å². The van der Waals surface area contributed by atoms with E-state index in [1.54, 1.807) is 6.92 Å². The van der Waals surface area contributed by atoms with Crippen molar-refractivity contribution in [1.29, 1.82) is 0 Å². The van der Waals surface area contributed by atoms with Crippen LogP contribution in [0.15, 0.2) is 24.3 Å². The molecular weight excluding hydrogens is 968 g/mol. The minimum Gasteiger partial charge on any atom is -0.491 e. The molecule has 0 saturated carbocycles. The molecule has 0 aliphatic rings. The number of benzene rings is 2. The molecule has 2 rings (SSSR count). The van der Waals surface area contributed by atoms with Gasteiger partial charge in [-0.3, -0.25) is 14.4 Å². The molecule has 12 heteroatoms. The summed E-state index contributed by atoms with van der Waals surface area (Å²) in [6, 6.07) is 7.54. The summed E-state index contributed by atoms with van der Waals surface area (Å²) in [7, 11) is 0. The van der Waals surface area contributed by atoms with Crippen molar-refractivity contribution in [2.75, 3.05) is 26.2 Å². The molecule has 220 valence electrons. The zero-order valence-corrected chi connectivity index (χ0v) is 31.1. The van der Waals surface area contributed by atoms with Crippen LogP contribution in [-0.4, -0.2) is 49.0 Å². The largest absolute Gasteiger partial charge is 0.491 e. The van der Waals surface area contributed by atoms with Crippen LogP contribution in [0.25, 0.3) is 0 Å². The van der Waals surface area contributed by atoms with Gasteiger partial charge in [0, 0.05) is 25.3 Å². The third-order valence-corrected chi connectivity index (χ3v) is 8.89. The Hall–Kier alpha value is -0.470. The van der Waals surface area contributed by atoms with Crippen LogP contribution >= 0.6 is 90.4 Å². The number of nitrogens with one attached hydrogen (secondary N) is 2. The number of aliphatic carboxylic acids is 1. The van der Waals surface area contributed by atoms with Crippen LogP contribution in [0.2, 0.25) is 0 Å². The van der Waals surface area contributed by atoms with Crippen molar-refractivity contribution < 1.29 is 29.0 Å². The lowest BCUT2D eigenvalue weighted by Crippen LogP contribution is -2.32. The summed E-state index contributed by atoms with van der Waals surface area (Å²) in [6.45, 7) is 6.52. The van der Waals surface area contributed by atoms with Crippen LogP contribution in [0.1, 0.15) is 51.5 Å². The number of ketones is 1. The highest BCUT2D eigenvalue weighted by atomic mass is 127. The van der Waals surface area contributed by atoms with Gasteiger partial charge in [-0.15, -0.1) is 0 Å².